The van der Waals surface area contributed by atoms with Gasteiger partial charge in [0.2, 0.25) is 17.4 Å². The van der Waals surface area contributed by atoms with Crippen LogP contribution < -0.4 is 20.5 Å². The maximum absolute atomic E-state index is 12.4. The van der Waals surface area contributed by atoms with E-state index in [1.54, 1.807) is 47.0 Å². The number of pyridine rings is 1. The molecule has 7 heteroatoms. The van der Waals surface area contributed by atoms with E-state index in [0.29, 0.717) is 26.1 Å². The number of benzene rings is 1. The highest BCUT2D eigenvalue weighted by Crippen LogP contribution is 2.26. The molecule has 1 fully saturated rings. The number of carbonyl (C=O) groups is 2. The molecular weight excluding hydrogens is 346 g/mol. The van der Waals surface area contributed by atoms with Crippen LogP contribution in [-0.2, 0) is 16.1 Å². The lowest BCUT2D eigenvalue weighted by molar-refractivity contribution is -0.126. The van der Waals surface area contributed by atoms with Crippen LogP contribution in [0.15, 0.2) is 53.5 Å². The number of aryl methyl sites for hydroxylation is 1. The van der Waals surface area contributed by atoms with Crippen molar-refractivity contribution in [3.63, 3.8) is 0 Å². The molecule has 2 heterocycles. The molecule has 1 unspecified atom stereocenters. The second-order valence-corrected chi connectivity index (χ2v) is 6.48. The van der Waals surface area contributed by atoms with Gasteiger partial charge in [-0.1, -0.05) is 6.07 Å². The minimum absolute atomic E-state index is 0.0552. The Bertz CT molecular complexity index is 860. The molecule has 0 saturated carbocycles. The molecule has 1 atom stereocenters. The van der Waals surface area contributed by atoms with E-state index in [2.05, 4.69) is 5.32 Å². The Kier molecular flexibility index (Phi) is 5.90. The van der Waals surface area contributed by atoms with Crippen molar-refractivity contribution < 1.29 is 14.3 Å². The summed E-state index contributed by atoms with van der Waals surface area (Å²) in [6, 6.07) is 12.2. The summed E-state index contributed by atoms with van der Waals surface area (Å²) in [5.74, 6) is 0.173. The summed E-state index contributed by atoms with van der Waals surface area (Å²) in [5.41, 5.74) is 0.708. The van der Waals surface area contributed by atoms with E-state index in [1.807, 2.05) is 12.1 Å². The second-order valence-electron chi connectivity index (χ2n) is 6.48. The van der Waals surface area contributed by atoms with Gasteiger partial charge in [-0.3, -0.25) is 14.4 Å². The van der Waals surface area contributed by atoms with E-state index < -0.39 is 0 Å². The van der Waals surface area contributed by atoms with Gasteiger partial charge in [-0.15, -0.1) is 0 Å². The first-order valence-electron chi connectivity index (χ1n) is 8.96. The molecule has 0 bridgehead atoms. The van der Waals surface area contributed by atoms with Crippen molar-refractivity contribution in [1.29, 1.82) is 0 Å². The lowest BCUT2D eigenvalue weighted by atomic mass is 10.1. The summed E-state index contributed by atoms with van der Waals surface area (Å²) in [6.07, 6.45) is 2.58. The SMILES string of the molecule is COc1ccc(N2CC(C(=O)NCCCn3ccccc3=O)CC2=O)cc1. The zero-order valence-electron chi connectivity index (χ0n) is 15.3. The molecule has 0 aliphatic carbocycles. The van der Waals surface area contributed by atoms with Gasteiger partial charge in [-0.2, -0.15) is 0 Å². The average molecular weight is 369 g/mol. The molecule has 1 N–H and O–H groups in total. The van der Waals surface area contributed by atoms with Gasteiger partial charge >= 0.3 is 0 Å². The van der Waals surface area contributed by atoms with E-state index in [9.17, 15) is 14.4 Å². The van der Waals surface area contributed by atoms with Crippen LogP contribution in [0.25, 0.3) is 0 Å². The molecule has 2 aromatic rings. The summed E-state index contributed by atoms with van der Waals surface area (Å²) in [4.78, 5) is 37.9. The molecule has 1 aromatic heterocycles. The zero-order valence-corrected chi connectivity index (χ0v) is 15.3. The maximum atomic E-state index is 12.4. The summed E-state index contributed by atoms with van der Waals surface area (Å²) >= 11 is 0. The summed E-state index contributed by atoms with van der Waals surface area (Å²) in [6.45, 7) is 1.38. The third kappa shape index (κ3) is 4.55. The third-order valence-electron chi connectivity index (χ3n) is 4.65. The van der Waals surface area contributed by atoms with Crippen molar-refractivity contribution in [2.45, 2.75) is 19.4 Å². The Morgan fingerprint density at radius 3 is 2.67 bits per heavy atom. The fourth-order valence-corrected chi connectivity index (χ4v) is 3.15. The largest absolute Gasteiger partial charge is 0.497 e. The quantitative estimate of drug-likeness (QED) is 0.749. The standard InChI is InChI=1S/C20H23N3O4/c1-27-17-8-6-16(7-9-17)23-14-15(13-19(23)25)20(26)21-10-4-12-22-11-3-2-5-18(22)24/h2-3,5-9,11,15H,4,10,12-14H2,1H3,(H,21,26). The van der Waals surface area contributed by atoms with E-state index in [1.165, 1.54) is 6.07 Å². The Hall–Kier alpha value is -3.09. The lowest BCUT2D eigenvalue weighted by Crippen LogP contribution is -2.34. The van der Waals surface area contributed by atoms with Crippen LogP contribution >= 0.6 is 0 Å². The van der Waals surface area contributed by atoms with Crippen molar-refractivity contribution in [2.75, 3.05) is 25.1 Å². The lowest BCUT2D eigenvalue weighted by Gasteiger charge is -2.17. The van der Waals surface area contributed by atoms with Gasteiger partial charge in [0.15, 0.2) is 0 Å². The van der Waals surface area contributed by atoms with E-state index >= 15 is 0 Å². The molecule has 2 amide bonds. The number of nitrogens with one attached hydrogen (secondary N) is 1. The highest BCUT2D eigenvalue weighted by Gasteiger charge is 2.34. The minimum atomic E-state index is -0.362. The molecule has 7 nitrogen and oxygen atoms in total. The number of amides is 2. The van der Waals surface area contributed by atoms with Crippen LogP contribution in [0.5, 0.6) is 5.75 Å². The van der Waals surface area contributed by atoms with Gasteiger partial charge in [0.1, 0.15) is 5.75 Å². The molecule has 1 aliphatic rings. The van der Waals surface area contributed by atoms with Crippen molar-refractivity contribution in [2.24, 2.45) is 5.92 Å². The van der Waals surface area contributed by atoms with Crippen molar-refractivity contribution in [3.8, 4) is 5.75 Å². The van der Waals surface area contributed by atoms with Crippen molar-refractivity contribution >= 4 is 17.5 Å². The molecule has 142 valence electrons. The molecule has 0 spiro atoms. The summed E-state index contributed by atoms with van der Waals surface area (Å²) < 4.78 is 6.73. The fraction of sp³-hybridized carbons (Fsp3) is 0.350. The fourth-order valence-electron chi connectivity index (χ4n) is 3.15. The van der Waals surface area contributed by atoms with Gasteiger partial charge in [-0.25, -0.2) is 0 Å². The zero-order chi connectivity index (χ0) is 19.2. The van der Waals surface area contributed by atoms with Gasteiger partial charge in [0.05, 0.1) is 13.0 Å². The normalized spacial score (nSPS) is 16.4. The first-order chi connectivity index (χ1) is 13.1. The van der Waals surface area contributed by atoms with Crippen molar-refractivity contribution in [1.82, 2.24) is 9.88 Å². The highest BCUT2D eigenvalue weighted by molar-refractivity contribution is 6.00. The Labute approximate surface area is 157 Å². The number of rotatable bonds is 7. The summed E-state index contributed by atoms with van der Waals surface area (Å²) in [7, 11) is 1.59. The number of ether oxygens (including phenoxy) is 1. The van der Waals surface area contributed by atoms with Crippen LogP contribution in [0, 0.1) is 5.92 Å². The van der Waals surface area contributed by atoms with Gasteiger partial charge in [-0.05, 0) is 36.8 Å². The maximum Gasteiger partial charge on any atom is 0.250 e. The number of hydrogen-bond donors (Lipinski definition) is 1. The number of hydrogen-bond acceptors (Lipinski definition) is 4. The van der Waals surface area contributed by atoms with Crippen LogP contribution in [0.2, 0.25) is 0 Å². The van der Waals surface area contributed by atoms with Crippen molar-refractivity contribution in [3.05, 3.63) is 59.0 Å². The molecule has 3 rings (SSSR count). The highest BCUT2D eigenvalue weighted by atomic mass is 16.5. The number of aromatic nitrogens is 1. The molecule has 1 aromatic carbocycles. The first-order valence-corrected chi connectivity index (χ1v) is 8.96. The Morgan fingerprint density at radius 1 is 1.19 bits per heavy atom. The van der Waals surface area contributed by atoms with E-state index in [0.717, 1.165) is 11.4 Å². The number of carbonyl (C=O) groups excluding carboxylic acids is 2. The van der Waals surface area contributed by atoms with E-state index in [-0.39, 0.29) is 29.7 Å². The van der Waals surface area contributed by atoms with Crippen LogP contribution in [-0.4, -0.2) is 36.6 Å². The smallest absolute Gasteiger partial charge is 0.250 e. The third-order valence-corrected chi connectivity index (χ3v) is 4.65. The molecule has 1 saturated heterocycles. The van der Waals surface area contributed by atoms with Crippen LogP contribution in [0.4, 0.5) is 5.69 Å². The number of anilines is 1. The average Bonchev–Trinajstić information content (AvgIpc) is 3.08. The second kappa shape index (κ2) is 8.53. The Morgan fingerprint density at radius 2 is 1.96 bits per heavy atom. The van der Waals surface area contributed by atoms with E-state index in [4.69, 9.17) is 4.74 Å². The molecule has 27 heavy (non-hydrogen) atoms. The molecule has 1 aliphatic heterocycles. The monoisotopic (exact) mass is 369 g/mol. The number of methoxy groups -OCH3 is 1. The molecular formula is C20H23N3O4. The predicted molar refractivity (Wildman–Crippen MR) is 102 cm³/mol. The molecule has 0 radical (unpaired) electrons. The summed E-state index contributed by atoms with van der Waals surface area (Å²) in [5, 5.41) is 2.87. The topological polar surface area (TPSA) is 80.6 Å². The Balaban J connectivity index is 1.48. The minimum Gasteiger partial charge on any atom is -0.497 e. The van der Waals surface area contributed by atoms with Gasteiger partial charge in [0, 0.05) is 44.0 Å². The first kappa shape index (κ1) is 18.7. The van der Waals surface area contributed by atoms with Crippen LogP contribution in [0.3, 0.4) is 0 Å². The van der Waals surface area contributed by atoms with Crippen LogP contribution in [0.1, 0.15) is 12.8 Å². The predicted octanol–water partition coefficient (Wildman–Crippen LogP) is 1.42. The van der Waals surface area contributed by atoms with Gasteiger partial charge < -0.3 is 19.5 Å². The van der Waals surface area contributed by atoms with Gasteiger partial charge in [0.25, 0.3) is 0 Å². The number of nitrogens with zero attached hydrogens (tertiary/aromatic N) is 2.